The molecule has 2 rings (SSSR count). The number of hydrogen-bond acceptors (Lipinski definition) is 5. The summed E-state index contributed by atoms with van der Waals surface area (Å²) >= 11 is 5.95. The van der Waals surface area contributed by atoms with Crippen LogP contribution in [-0.2, 0) is 14.8 Å². The topological polar surface area (TPSA) is 84.9 Å². The van der Waals surface area contributed by atoms with Gasteiger partial charge in [0.15, 0.2) is 0 Å². The molecule has 9 heteroatoms. The van der Waals surface area contributed by atoms with Gasteiger partial charge in [-0.1, -0.05) is 17.7 Å². The Bertz CT molecular complexity index is 949. The van der Waals surface area contributed by atoms with Crippen LogP contribution in [0.2, 0.25) is 5.02 Å². The summed E-state index contributed by atoms with van der Waals surface area (Å²) in [5.74, 6) is 0.736. The summed E-state index contributed by atoms with van der Waals surface area (Å²) in [4.78, 5) is 12.6. The van der Waals surface area contributed by atoms with Gasteiger partial charge in [0, 0.05) is 10.6 Å². The number of amides is 1. The molecule has 0 spiro atoms. The van der Waals surface area contributed by atoms with Crippen molar-refractivity contribution in [1.29, 1.82) is 0 Å². The monoisotopic (exact) mass is 426 g/mol. The Morgan fingerprint density at radius 3 is 2.46 bits per heavy atom. The number of halogens is 1. The standard InChI is InChI=1S/C19H23ClN2O5S/c1-13(17-11-16(26-2)8-9-18(17)27-3)21-19(23)12-22(28(4,24)25)15-7-5-6-14(20)10-15/h5-11,13H,12H2,1-4H3,(H,21,23). The molecule has 7 nitrogen and oxygen atoms in total. The highest BCUT2D eigenvalue weighted by Gasteiger charge is 2.23. The van der Waals surface area contributed by atoms with Crippen molar-refractivity contribution in [2.75, 3.05) is 31.3 Å². The Labute approximate surface area is 170 Å². The Morgan fingerprint density at radius 2 is 1.89 bits per heavy atom. The van der Waals surface area contributed by atoms with Crippen LogP contribution in [0.25, 0.3) is 0 Å². The number of ether oxygens (including phenoxy) is 2. The largest absolute Gasteiger partial charge is 0.497 e. The van der Waals surface area contributed by atoms with Crippen molar-refractivity contribution < 1.29 is 22.7 Å². The van der Waals surface area contributed by atoms with Gasteiger partial charge < -0.3 is 14.8 Å². The smallest absolute Gasteiger partial charge is 0.241 e. The Hall–Kier alpha value is -2.45. The lowest BCUT2D eigenvalue weighted by molar-refractivity contribution is -0.120. The normalized spacial score (nSPS) is 12.2. The van der Waals surface area contributed by atoms with Crippen LogP contribution in [0.1, 0.15) is 18.5 Å². The minimum absolute atomic E-state index is 0.316. The molecule has 1 atom stereocenters. The van der Waals surface area contributed by atoms with Gasteiger partial charge in [-0.2, -0.15) is 0 Å². The SMILES string of the molecule is COc1ccc(OC)c(C(C)NC(=O)CN(c2cccc(Cl)c2)S(C)(=O)=O)c1. The Balaban J connectivity index is 2.21. The van der Waals surface area contributed by atoms with E-state index in [1.165, 1.54) is 13.2 Å². The fourth-order valence-electron chi connectivity index (χ4n) is 2.70. The van der Waals surface area contributed by atoms with Crippen molar-refractivity contribution in [2.24, 2.45) is 0 Å². The Kier molecular flexibility index (Phi) is 7.15. The zero-order valence-electron chi connectivity index (χ0n) is 16.1. The third kappa shape index (κ3) is 5.53. The van der Waals surface area contributed by atoms with Crippen molar-refractivity contribution in [3.8, 4) is 11.5 Å². The first-order chi connectivity index (χ1) is 13.2. The summed E-state index contributed by atoms with van der Waals surface area (Å²) in [6, 6.07) is 11.1. The predicted octanol–water partition coefficient (Wildman–Crippen LogP) is 3.00. The first-order valence-corrected chi connectivity index (χ1v) is 10.6. The highest BCUT2D eigenvalue weighted by molar-refractivity contribution is 7.92. The lowest BCUT2D eigenvalue weighted by Crippen LogP contribution is -2.41. The van der Waals surface area contributed by atoms with Gasteiger partial charge in [-0.25, -0.2) is 8.42 Å². The summed E-state index contributed by atoms with van der Waals surface area (Å²) in [6.45, 7) is 1.40. The summed E-state index contributed by atoms with van der Waals surface area (Å²) < 4.78 is 35.9. The molecule has 0 bridgehead atoms. The van der Waals surface area contributed by atoms with Crippen molar-refractivity contribution in [1.82, 2.24) is 5.32 Å². The van der Waals surface area contributed by atoms with Gasteiger partial charge in [-0.3, -0.25) is 9.10 Å². The maximum atomic E-state index is 12.6. The van der Waals surface area contributed by atoms with Crippen molar-refractivity contribution >= 4 is 33.2 Å². The number of nitrogens with one attached hydrogen (secondary N) is 1. The van der Waals surface area contributed by atoms with Crippen LogP contribution < -0.4 is 19.1 Å². The minimum Gasteiger partial charge on any atom is -0.497 e. The molecular formula is C19H23ClN2O5S. The third-order valence-electron chi connectivity index (χ3n) is 4.06. The molecule has 152 valence electrons. The van der Waals surface area contributed by atoms with E-state index in [0.29, 0.717) is 27.8 Å². The van der Waals surface area contributed by atoms with Gasteiger partial charge in [-0.15, -0.1) is 0 Å². The molecular weight excluding hydrogens is 404 g/mol. The molecule has 0 saturated heterocycles. The molecule has 0 aliphatic rings. The average molecular weight is 427 g/mol. The fourth-order valence-corrected chi connectivity index (χ4v) is 3.74. The minimum atomic E-state index is -3.68. The van der Waals surface area contributed by atoms with E-state index in [9.17, 15) is 13.2 Å². The van der Waals surface area contributed by atoms with Crippen LogP contribution in [0.5, 0.6) is 11.5 Å². The highest BCUT2D eigenvalue weighted by atomic mass is 35.5. The van der Waals surface area contributed by atoms with E-state index in [2.05, 4.69) is 5.32 Å². The van der Waals surface area contributed by atoms with Gasteiger partial charge in [0.25, 0.3) is 0 Å². The van der Waals surface area contributed by atoms with E-state index < -0.39 is 22.0 Å². The fraction of sp³-hybridized carbons (Fsp3) is 0.316. The molecule has 1 N–H and O–H groups in total. The zero-order chi connectivity index (χ0) is 20.9. The summed E-state index contributed by atoms with van der Waals surface area (Å²) in [5.41, 5.74) is 1.03. The number of nitrogens with zero attached hydrogens (tertiary/aromatic N) is 1. The molecule has 0 aromatic heterocycles. The Morgan fingerprint density at radius 1 is 1.18 bits per heavy atom. The molecule has 0 aliphatic heterocycles. The van der Waals surface area contributed by atoms with Crippen molar-refractivity contribution in [3.05, 3.63) is 53.1 Å². The quantitative estimate of drug-likeness (QED) is 0.701. The molecule has 0 aliphatic carbocycles. The van der Waals surface area contributed by atoms with E-state index >= 15 is 0 Å². The second-order valence-electron chi connectivity index (χ2n) is 6.15. The number of hydrogen-bond donors (Lipinski definition) is 1. The predicted molar refractivity (Wildman–Crippen MR) is 110 cm³/mol. The van der Waals surface area contributed by atoms with E-state index in [0.717, 1.165) is 10.6 Å². The van der Waals surface area contributed by atoms with Crippen molar-refractivity contribution in [2.45, 2.75) is 13.0 Å². The lowest BCUT2D eigenvalue weighted by atomic mass is 10.1. The highest BCUT2D eigenvalue weighted by Crippen LogP contribution is 2.29. The zero-order valence-corrected chi connectivity index (χ0v) is 17.7. The van der Waals surface area contributed by atoms with E-state index in [1.54, 1.807) is 50.4 Å². The number of anilines is 1. The summed E-state index contributed by atoms with van der Waals surface area (Å²) in [7, 11) is -0.607. The number of carbonyl (C=O) groups excluding carboxylic acids is 1. The molecule has 0 radical (unpaired) electrons. The van der Waals surface area contributed by atoms with Crippen LogP contribution >= 0.6 is 11.6 Å². The van der Waals surface area contributed by atoms with Gasteiger partial charge >= 0.3 is 0 Å². The lowest BCUT2D eigenvalue weighted by Gasteiger charge is -2.24. The molecule has 2 aromatic carbocycles. The van der Waals surface area contributed by atoms with E-state index in [1.807, 2.05) is 0 Å². The molecule has 1 unspecified atom stereocenters. The van der Waals surface area contributed by atoms with Crippen LogP contribution in [0.15, 0.2) is 42.5 Å². The molecule has 0 heterocycles. The number of rotatable bonds is 8. The second kappa shape index (κ2) is 9.16. The van der Waals surface area contributed by atoms with Crippen molar-refractivity contribution in [3.63, 3.8) is 0 Å². The number of carbonyl (C=O) groups is 1. The summed E-state index contributed by atoms with van der Waals surface area (Å²) in [5, 5.41) is 3.17. The average Bonchev–Trinajstić information content (AvgIpc) is 2.64. The molecule has 1 amide bonds. The number of methoxy groups -OCH3 is 2. The second-order valence-corrected chi connectivity index (χ2v) is 8.49. The molecule has 0 fully saturated rings. The van der Waals surface area contributed by atoms with Gasteiger partial charge in [-0.05, 0) is 43.3 Å². The number of sulfonamides is 1. The first-order valence-electron chi connectivity index (χ1n) is 8.40. The van der Waals surface area contributed by atoms with E-state index in [-0.39, 0.29) is 6.54 Å². The molecule has 2 aromatic rings. The summed E-state index contributed by atoms with van der Waals surface area (Å²) in [6.07, 6.45) is 1.04. The maximum Gasteiger partial charge on any atom is 0.241 e. The van der Waals surface area contributed by atoms with Gasteiger partial charge in [0.05, 0.1) is 32.2 Å². The molecule has 28 heavy (non-hydrogen) atoms. The van der Waals surface area contributed by atoms with Crippen LogP contribution in [-0.4, -0.2) is 41.3 Å². The first kappa shape index (κ1) is 21.8. The van der Waals surface area contributed by atoms with Gasteiger partial charge in [0.2, 0.25) is 15.9 Å². The molecule has 0 saturated carbocycles. The van der Waals surface area contributed by atoms with Crippen LogP contribution in [0.4, 0.5) is 5.69 Å². The van der Waals surface area contributed by atoms with Gasteiger partial charge in [0.1, 0.15) is 18.0 Å². The maximum absolute atomic E-state index is 12.6. The van der Waals surface area contributed by atoms with E-state index in [4.69, 9.17) is 21.1 Å². The van der Waals surface area contributed by atoms with Crippen LogP contribution in [0, 0.1) is 0 Å². The number of benzene rings is 2. The van der Waals surface area contributed by atoms with Crippen LogP contribution in [0.3, 0.4) is 0 Å². The third-order valence-corrected chi connectivity index (χ3v) is 5.44.